The largest absolute Gasteiger partial charge is 0.343 e. The summed E-state index contributed by atoms with van der Waals surface area (Å²) in [6.45, 7) is 3.59. The normalized spacial score (nSPS) is 14.4. The number of amides is 2. The topological polar surface area (TPSA) is 125 Å². The lowest BCUT2D eigenvalue weighted by Crippen LogP contribution is -2.56. The standard InChI is InChI=1S/C21H27N3O5S/c1-3-15(2)19(21(26)23-27)22-20(25)18(14-16-10-6-4-7-11-16)24-30(28,29)17-12-8-5-9-13-17/h4-13,15,18-19,24,27H,3,14H2,1-2H3,(H,22,25)(H,23,26)/t15-,18-,19-/m0/s1. The van der Waals surface area contributed by atoms with Crippen molar-refractivity contribution in [2.24, 2.45) is 5.92 Å². The Morgan fingerprint density at radius 3 is 2.07 bits per heavy atom. The molecule has 0 aliphatic carbocycles. The van der Waals surface area contributed by atoms with Gasteiger partial charge in [-0.3, -0.25) is 14.8 Å². The molecule has 0 aliphatic rings. The zero-order chi connectivity index (χ0) is 22.1. The lowest BCUT2D eigenvalue weighted by Gasteiger charge is -2.25. The van der Waals surface area contributed by atoms with E-state index >= 15 is 0 Å². The number of hydroxylamine groups is 1. The van der Waals surface area contributed by atoms with Crippen LogP contribution in [0.2, 0.25) is 0 Å². The first-order valence-electron chi connectivity index (χ1n) is 9.64. The number of benzene rings is 2. The molecule has 30 heavy (non-hydrogen) atoms. The molecule has 2 aromatic carbocycles. The van der Waals surface area contributed by atoms with Gasteiger partial charge in [0.05, 0.1) is 4.90 Å². The molecule has 3 atom stereocenters. The molecule has 0 unspecified atom stereocenters. The van der Waals surface area contributed by atoms with Crippen LogP contribution in [0.4, 0.5) is 0 Å². The fourth-order valence-corrected chi connectivity index (χ4v) is 4.13. The van der Waals surface area contributed by atoms with Gasteiger partial charge in [0.2, 0.25) is 15.9 Å². The molecule has 0 saturated heterocycles. The van der Waals surface area contributed by atoms with Crippen LogP contribution in [-0.2, 0) is 26.0 Å². The SMILES string of the molecule is CC[C@H](C)[C@H](NC(=O)[C@H](Cc1ccccc1)NS(=O)(=O)c1ccccc1)C(=O)NO. The first kappa shape index (κ1) is 23.5. The molecule has 2 rings (SSSR count). The van der Waals surface area contributed by atoms with E-state index in [0.29, 0.717) is 6.42 Å². The first-order valence-corrected chi connectivity index (χ1v) is 11.1. The summed E-state index contributed by atoms with van der Waals surface area (Å²) in [5, 5.41) is 11.6. The molecular formula is C21H27N3O5S. The highest BCUT2D eigenvalue weighted by molar-refractivity contribution is 7.89. The highest BCUT2D eigenvalue weighted by Gasteiger charge is 2.31. The van der Waals surface area contributed by atoms with Crippen LogP contribution >= 0.6 is 0 Å². The van der Waals surface area contributed by atoms with Crippen molar-refractivity contribution in [2.45, 2.75) is 43.7 Å². The summed E-state index contributed by atoms with van der Waals surface area (Å²) in [6.07, 6.45) is 0.657. The Labute approximate surface area is 176 Å². The van der Waals surface area contributed by atoms with Gasteiger partial charge in [-0.15, -0.1) is 0 Å². The Kier molecular flexibility index (Phi) is 8.52. The Balaban J connectivity index is 2.30. The molecule has 2 aromatic rings. The molecule has 2 amide bonds. The average molecular weight is 434 g/mol. The monoisotopic (exact) mass is 433 g/mol. The third-order valence-electron chi connectivity index (χ3n) is 4.85. The lowest BCUT2D eigenvalue weighted by atomic mass is 9.97. The highest BCUT2D eigenvalue weighted by Crippen LogP contribution is 2.13. The predicted molar refractivity (Wildman–Crippen MR) is 112 cm³/mol. The number of hydrogen-bond acceptors (Lipinski definition) is 5. The smallest absolute Gasteiger partial charge is 0.266 e. The van der Waals surface area contributed by atoms with Crippen molar-refractivity contribution in [3.8, 4) is 0 Å². The van der Waals surface area contributed by atoms with Crippen LogP contribution in [0.15, 0.2) is 65.6 Å². The van der Waals surface area contributed by atoms with E-state index in [1.807, 2.05) is 13.0 Å². The van der Waals surface area contributed by atoms with Gasteiger partial charge in [0, 0.05) is 0 Å². The van der Waals surface area contributed by atoms with Crippen molar-refractivity contribution >= 4 is 21.8 Å². The summed E-state index contributed by atoms with van der Waals surface area (Å²) in [7, 11) is -3.97. The van der Waals surface area contributed by atoms with Gasteiger partial charge in [0.15, 0.2) is 0 Å². The molecule has 0 spiro atoms. The zero-order valence-corrected chi connectivity index (χ0v) is 17.7. The number of rotatable bonds is 10. The zero-order valence-electron chi connectivity index (χ0n) is 16.9. The Bertz CT molecular complexity index is 936. The van der Waals surface area contributed by atoms with Crippen LogP contribution in [0.5, 0.6) is 0 Å². The van der Waals surface area contributed by atoms with E-state index in [9.17, 15) is 18.0 Å². The Morgan fingerprint density at radius 1 is 0.967 bits per heavy atom. The summed E-state index contributed by atoms with van der Waals surface area (Å²) >= 11 is 0. The highest BCUT2D eigenvalue weighted by atomic mass is 32.2. The van der Waals surface area contributed by atoms with Crippen molar-refractivity contribution in [1.82, 2.24) is 15.5 Å². The molecule has 4 N–H and O–H groups in total. The van der Waals surface area contributed by atoms with Crippen LogP contribution in [0.25, 0.3) is 0 Å². The fraction of sp³-hybridized carbons (Fsp3) is 0.333. The fourth-order valence-electron chi connectivity index (χ4n) is 2.92. The van der Waals surface area contributed by atoms with E-state index in [-0.39, 0.29) is 17.2 Å². The second-order valence-corrected chi connectivity index (χ2v) is 8.74. The van der Waals surface area contributed by atoms with Gasteiger partial charge in [-0.25, -0.2) is 13.9 Å². The molecule has 0 aliphatic heterocycles. The van der Waals surface area contributed by atoms with E-state index in [1.54, 1.807) is 54.9 Å². The van der Waals surface area contributed by atoms with Crippen molar-refractivity contribution in [2.75, 3.05) is 0 Å². The number of nitrogens with one attached hydrogen (secondary N) is 3. The van der Waals surface area contributed by atoms with Crippen LogP contribution in [-0.4, -0.2) is 37.5 Å². The molecule has 8 nitrogen and oxygen atoms in total. The second-order valence-electron chi connectivity index (χ2n) is 7.02. The minimum Gasteiger partial charge on any atom is -0.343 e. The molecule has 0 saturated carbocycles. The summed E-state index contributed by atoms with van der Waals surface area (Å²) in [5.74, 6) is -1.70. The number of hydrogen-bond donors (Lipinski definition) is 4. The second kappa shape index (κ2) is 10.9. The van der Waals surface area contributed by atoms with Gasteiger partial charge in [0.25, 0.3) is 5.91 Å². The Hall–Kier alpha value is -2.75. The van der Waals surface area contributed by atoms with Crippen molar-refractivity contribution < 1.29 is 23.2 Å². The Morgan fingerprint density at radius 2 is 1.53 bits per heavy atom. The quantitative estimate of drug-likeness (QED) is 0.335. The van der Waals surface area contributed by atoms with E-state index in [0.717, 1.165) is 5.56 Å². The number of carbonyl (C=O) groups is 2. The van der Waals surface area contributed by atoms with Crippen LogP contribution in [0.3, 0.4) is 0 Å². The maximum atomic E-state index is 13.0. The van der Waals surface area contributed by atoms with E-state index in [1.165, 1.54) is 12.1 Å². The molecular weight excluding hydrogens is 406 g/mol. The van der Waals surface area contributed by atoms with Gasteiger partial charge in [-0.05, 0) is 30.0 Å². The third kappa shape index (κ3) is 6.38. The molecule has 0 bridgehead atoms. The molecule has 9 heteroatoms. The first-order chi connectivity index (χ1) is 14.3. The van der Waals surface area contributed by atoms with E-state index in [4.69, 9.17) is 5.21 Å². The van der Waals surface area contributed by atoms with Gasteiger partial charge in [0.1, 0.15) is 12.1 Å². The summed E-state index contributed by atoms with van der Waals surface area (Å²) in [5.41, 5.74) is 2.31. The minimum atomic E-state index is -3.97. The van der Waals surface area contributed by atoms with Gasteiger partial charge >= 0.3 is 0 Å². The average Bonchev–Trinajstić information content (AvgIpc) is 2.77. The maximum absolute atomic E-state index is 13.0. The van der Waals surface area contributed by atoms with E-state index in [2.05, 4.69) is 10.0 Å². The van der Waals surface area contributed by atoms with Crippen LogP contribution in [0, 0.1) is 5.92 Å². The third-order valence-corrected chi connectivity index (χ3v) is 6.34. The predicted octanol–water partition coefficient (Wildman–Crippen LogP) is 1.61. The van der Waals surface area contributed by atoms with Gasteiger partial charge < -0.3 is 5.32 Å². The van der Waals surface area contributed by atoms with Crippen molar-refractivity contribution in [3.05, 3.63) is 66.2 Å². The van der Waals surface area contributed by atoms with Gasteiger partial charge in [-0.1, -0.05) is 68.8 Å². The number of carbonyl (C=O) groups excluding carboxylic acids is 2. The van der Waals surface area contributed by atoms with Crippen molar-refractivity contribution in [3.63, 3.8) is 0 Å². The molecule has 162 valence electrons. The molecule has 0 heterocycles. The van der Waals surface area contributed by atoms with Crippen molar-refractivity contribution in [1.29, 1.82) is 0 Å². The molecule has 0 radical (unpaired) electrons. The lowest BCUT2D eigenvalue weighted by molar-refractivity contribution is -0.136. The molecule has 0 aromatic heterocycles. The molecule has 0 fully saturated rings. The summed E-state index contributed by atoms with van der Waals surface area (Å²) in [4.78, 5) is 25.1. The van der Waals surface area contributed by atoms with Crippen LogP contribution < -0.4 is 15.5 Å². The summed E-state index contributed by atoms with van der Waals surface area (Å²) < 4.78 is 28.0. The maximum Gasteiger partial charge on any atom is 0.266 e. The number of sulfonamides is 1. The van der Waals surface area contributed by atoms with Crippen LogP contribution in [0.1, 0.15) is 25.8 Å². The minimum absolute atomic E-state index is 0.0300. The van der Waals surface area contributed by atoms with E-state index < -0.39 is 33.9 Å². The summed E-state index contributed by atoms with van der Waals surface area (Å²) in [6, 6.07) is 14.5. The van der Waals surface area contributed by atoms with Gasteiger partial charge in [-0.2, -0.15) is 4.72 Å².